The van der Waals surface area contributed by atoms with E-state index in [0.29, 0.717) is 22.3 Å². The minimum Gasteiger partial charge on any atom is -0.311 e. The lowest BCUT2D eigenvalue weighted by Gasteiger charge is -2.25. The zero-order chi connectivity index (χ0) is 42.4. The summed E-state index contributed by atoms with van der Waals surface area (Å²) < 4.78 is 0. The summed E-state index contributed by atoms with van der Waals surface area (Å²) in [7, 11) is 0. The topological polar surface area (TPSA) is 40.6 Å². The van der Waals surface area contributed by atoms with Crippen molar-refractivity contribution in [2.24, 2.45) is 0 Å². The summed E-state index contributed by atoms with van der Waals surface area (Å²) in [5.41, 5.74) is 15.3. The highest BCUT2D eigenvalue weighted by Gasteiger charge is 2.17. The number of carbonyl (C=O) groups is 2. The normalized spacial score (nSPS) is 10.9. The molecule has 9 aromatic carbocycles. The van der Waals surface area contributed by atoms with Crippen LogP contribution in [0.3, 0.4) is 0 Å². The van der Waals surface area contributed by atoms with Gasteiger partial charge in [0, 0.05) is 56.4 Å². The molecule has 0 aromatic heterocycles. The first-order valence-electron chi connectivity index (χ1n) is 20.8. The van der Waals surface area contributed by atoms with Gasteiger partial charge < -0.3 is 9.80 Å². The fourth-order valence-electron chi connectivity index (χ4n) is 8.10. The highest BCUT2D eigenvalue weighted by Crippen LogP contribution is 2.37. The Labute approximate surface area is 363 Å². The number of benzene rings is 9. The molecule has 0 spiro atoms. The highest BCUT2D eigenvalue weighted by molar-refractivity contribution is 6.10. The first-order chi connectivity index (χ1) is 30.4. The summed E-state index contributed by atoms with van der Waals surface area (Å²) in [6.07, 6.45) is 0. The van der Waals surface area contributed by atoms with Gasteiger partial charge in [0.15, 0.2) is 11.6 Å². The maximum absolute atomic E-state index is 13.7. The van der Waals surface area contributed by atoms with E-state index in [1.165, 1.54) is 0 Å². The Morgan fingerprint density at radius 2 is 0.516 bits per heavy atom. The molecule has 0 aliphatic rings. The van der Waals surface area contributed by atoms with Crippen LogP contribution in [0.4, 0.5) is 34.1 Å². The van der Waals surface area contributed by atoms with Crippen molar-refractivity contribution in [1.29, 1.82) is 0 Å². The van der Waals surface area contributed by atoms with Crippen molar-refractivity contribution in [1.82, 2.24) is 0 Å². The van der Waals surface area contributed by atoms with Crippen molar-refractivity contribution in [3.05, 3.63) is 264 Å². The Hall–Kier alpha value is -8.08. The number of carbonyl (C=O) groups excluding carboxylic acids is 2. The van der Waals surface area contributed by atoms with Crippen molar-refractivity contribution in [3.63, 3.8) is 0 Å². The van der Waals surface area contributed by atoms with Gasteiger partial charge in [0.1, 0.15) is 0 Å². The molecular formula is C58H44N2O2. The average molecular weight is 801 g/mol. The van der Waals surface area contributed by atoms with Gasteiger partial charge in [-0.25, -0.2) is 0 Å². The molecule has 0 N–H and O–H groups in total. The van der Waals surface area contributed by atoms with Crippen LogP contribution < -0.4 is 9.80 Å². The van der Waals surface area contributed by atoms with Gasteiger partial charge in [-0.2, -0.15) is 0 Å². The zero-order valence-electron chi connectivity index (χ0n) is 34.7. The van der Waals surface area contributed by atoms with Crippen LogP contribution in [-0.2, 0) is 0 Å². The van der Waals surface area contributed by atoms with E-state index in [1.807, 2.05) is 170 Å². The Kier molecular flexibility index (Phi) is 11.2. The van der Waals surface area contributed by atoms with Crippen LogP contribution in [0.1, 0.15) is 43.0 Å². The Bertz CT molecular complexity index is 2660. The van der Waals surface area contributed by atoms with Gasteiger partial charge in [0.05, 0.1) is 0 Å². The van der Waals surface area contributed by atoms with Crippen molar-refractivity contribution in [2.75, 3.05) is 9.80 Å². The number of aryl methyl sites for hydroxylation is 2. The second-order valence-electron chi connectivity index (χ2n) is 15.4. The molecule has 0 saturated heterocycles. The quantitative estimate of drug-likeness (QED) is 0.115. The van der Waals surface area contributed by atoms with E-state index < -0.39 is 0 Å². The predicted molar refractivity (Wildman–Crippen MR) is 256 cm³/mol. The lowest BCUT2D eigenvalue weighted by atomic mass is 9.90. The minimum atomic E-state index is -0.0194. The second kappa shape index (κ2) is 17.6. The highest BCUT2D eigenvalue weighted by atomic mass is 16.1. The number of hydrogen-bond acceptors (Lipinski definition) is 4. The predicted octanol–water partition coefficient (Wildman–Crippen LogP) is 15.0. The molecule has 0 fully saturated rings. The Morgan fingerprint density at radius 3 is 0.774 bits per heavy atom. The molecule has 0 saturated carbocycles. The maximum Gasteiger partial charge on any atom is 0.193 e. The molecule has 0 bridgehead atoms. The second-order valence-corrected chi connectivity index (χ2v) is 15.4. The number of anilines is 6. The molecule has 0 heterocycles. The number of hydrogen-bond donors (Lipinski definition) is 0. The summed E-state index contributed by atoms with van der Waals surface area (Å²) in [6.45, 7) is 4.23. The minimum absolute atomic E-state index is 0.0194. The molecule has 0 aliphatic heterocycles. The van der Waals surface area contributed by atoms with Gasteiger partial charge in [-0.15, -0.1) is 0 Å². The van der Waals surface area contributed by atoms with E-state index >= 15 is 0 Å². The van der Waals surface area contributed by atoms with E-state index in [0.717, 1.165) is 67.5 Å². The summed E-state index contributed by atoms with van der Waals surface area (Å²) in [6, 6.07) is 76.8. The largest absolute Gasteiger partial charge is 0.311 e. The van der Waals surface area contributed by atoms with Crippen molar-refractivity contribution in [2.45, 2.75) is 13.8 Å². The zero-order valence-corrected chi connectivity index (χ0v) is 34.7. The van der Waals surface area contributed by atoms with Crippen LogP contribution in [0.25, 0.3) is 22.3 Å². The van der Waals surface area contributed by atoms with Crippen molar-refractivity contribution in [3.8, 4) is 22.3 Å². The molecule has 0 unspecified atom stereocenters. The standard InChI is InChI=1S/C58H44N2O2/c1-41-39-56(44-25-29-46(30-26-44)58(62)48-33-37-54(38-34-48)60(51-19-11-5-12-20-51)52-21-13-6-14-22-52)42(2)40-55(41)43-23-27-45(28-24-43)57(61)47-31-35-53(36-32-47)59(49-15-7-3-8-16-49)50-17-9-4-10-18-50/h3-40H,1-2H3. The molecule has 4 heteroatoms. The van der Waals surface area contributed by atoms with Gasteiger partial charge in [-0.1, -0.05) is 133 Å². The first-order valence-corrected chi connectivity index (χ1v) is 20.8. The smallest absolute Gasteiger partial charge is 0.193 e. The fourth-order valence-corrected chi connectivity index (χ4v) is 8.10. The molecular weight excluding hydrogens is 757 g/mol. The SMILES string of the molecule is Cc1cc(-c2ccc(C(=O)c3ccc(N(c4ccccc4)c4ccccc4)cc3)cc2)c(C)cc1-c1ccc(C(=O)c2ccc(N(c3ccccc3)c3ccccc3)cc2)cc1. The third kappa shape index (κ3) is 8.23. The van der Waals surface area contributed by atoms with Gasteiger partial charge >= 0.3 is 0 Å². The van der Waals surface area contributed by atoms with E-state index in [1.54, 1.807) is 0 Å². The summed E-state index contributed by atoms with van der Waals surface area (Å²) in [4.78, 5) is 31.7. The molecule has 62 heavy (non-hydrogen) atoms. The summed E-state index contributed by atoms with van der Waals surface area (Å²) in [5.74, 6) is -0.0388. The maximum atomic E-state index is 13.7. The first kappa shape index (κ1) is 39.4. The molecule has 4 nitrogen and oxygen atoms in total. The molecule has 0 amide bonds. The molecule has 0 radical (unpaired) electrons. The van der Waals surface area contributed by atoms with Crippen LogP contribution in [0.5, 0.6) is 0 Å². The Morgan fingerprint density at radius 1 is 0.290 bits per heavy atom. The van der Waals surface area contributed by atoms with E-state index in [-0.39, 0.29) is 11.6 Å². The molecule has 298 valence electrons. The van der Waals surface area contributed by atoms with Crippen LogP contribution >= 0.6 is 0 Å². The number of rotatable bonds is 12. The third-order valence-corrected chi connectivity index (χ3v) is 11.3. The number of nitrogens with zero attached hydrogens (tertiary/aromatic N) is 2. The van der Waals surface area contributed by atoms with Crippen molar-refractivity contribution < 1.29 is 9.59 Å². The molecule has 0 atom stereocenters. The average Bonchev–Trinajstić information content (AvgIpc) is 3.34. The van der Waals surface area contributed by atoms with E-state index in [9.17, 15) is 9.59 Å². The molecule has 0 aliphatic carbocycles. The summed E-state index contributed by atoms with van der Waals surface area (Å²) >= 11 is 0. The van der Waals surface area contributed by atoms with Gasteiger partial charge in [0.25, 0.3) is 0 Å². The number of ketones is 2. The lowest BCUT2D eigenvalue weighted by molar-refractivity contribution is 0.103. The van der Waals surface area contributed by atoms with Crippen LogP contribution in [0.15, 0.2) is 231 Å². The van der Waals surface area contributed by atoms with Crippen molar-refractivity contribution >= 4 is 45.7 Å². The van der Waals surface area contributed by atoms with Crippen LogP contribution in [-0.4, -0.2) is 11.6 Å². The van der Waals surface area contributed by atoms with Gasteiger partial charge in [-0.3, -0.25) is 9.59 Å². The van der Waals surface area contributed by atoms with Crippen LogP contribution in [0.2, 0.25) is 0 Å². The fraction of sp³-hybridized carbons (Fsp3) is 0.0345. The monoisotopic (exact) mass is 800 g/mol. The Balaban J connectivity index is 0.887. The molecule has 9 aromatic rings. The van der Waals surface area contributed by atoms with Gasteiger partial charge in [-0.05, 0) is 144 Å². The third-order valence-electron chi connectivity index (χ3n) is 11.3. The van der Waals surface area contributed by atoms with Gasteiger partial charge in [0.2, 0.25) is 0 Å². The summed E-state index contributed by atoms with van der Waals surface area (Å²) in [5, 5.41) is 0. The van der Waals surface area contributed by atoms with E-state index in [2.05, 4.69) is 84.3 Å². The van der Waals surface area contributed by atoms with Crippen LogP contribution in [0, 0.1) is 13.8 Å². The number of para-hydroxylation sites is 4. The molecule has 9 rings (SSSR count). The van der Waals surface area contributed by atoms with E-state index in [4.69, 9.17) is 0 Å². The lowest BCUT2D eigenvalue weighted by Crippen LogP contribution is -2.10.